The summed E-state index contributed by atoms with van der Waals surface area (Å²) in [6.07, 6.45) is 2.23. The number of hydrogen-bond donors (Lipinski definition) is 0. The molecule has 0 aromatic rings. The lowest BCUT2D eigenvalue weighted by atomic mass is 10.2. The lowest BCUT2D eigenvalue weighted by molar-refractivity contribution is 0.270. The Morgan fingerprint density at radius 2 is 2.19 bits per heavy atom. The molecule has 4 nitrogen and oxygen atoms in total. The van der Waals surface area contributed by atoms with Crippen LogP contribution in [0.25, 0.3) is 0 Å². The van der Waals surface area contributed by atoms with E-state index in [9.17, 15) is 8.42 Å². The highest BCUT2D eigenvalue weighted by atomic mass is 35.5. The van der Waals surface area contributed by atoms with Gasteiger partial charge in [0.05, 0.1) is 5.25 Å². The Morgan fingerprint density at radius 1 is 1.56 bits per heavy atom. The van der Waals surface area contributed by atoms with E-state index in [0.717, 1.165) is 19.4 Å². The van der Waals surface area contributed by atoms with E-state index in [1.165, 1.54) is 4.31 Å². The van der Waals surface area contributed by atoms with Gasteiger partial charge in [-0.25, -0.2) is 12.7 Å². The summed E-state index contributed by atoms with van der Waals surface area (Å²) in [5.41, 5.74) is 0. The van der Waals surface area contributed by atoms with Gasteiger partial charge in [0.25, 0.3) is 0 Å². The minimum atomic E-state index is -3.23. The molecule has 1 rings (SSSR count). The fourth-order valence-corrected chi connectivity index (χ4v) is 3.63. The maximum Gasteiger partial charge on any atom is 0.217 e. The molecule has 16 heavy (non-hydrogen) atoms. The van der Waals surface area contributed by atoms with Crippen LogP contribution in [0.4, 0.5) is 0 Å². The van der Waals surface area contributed by atoms with E-state index in [1.54, 1.807) is 14.0 Å². The number of likely N-dealkylation sites (N-methyl/N-ethyl adjacent to an activating group) is 2. The van der Waals surface area contributed by atoms with Crippen molar-refractivity contribution in [2.45, 2.75) is 31.1 Å². The van der Waals surface area contributed by atoms with E-state index in [4.69, 9.17) is 11.6 Å². The number of nitrogens with zero attached hydrogens (tertiary/aromatic N) is 2. The number of sulfonamides is 1. The summed E-state index contributed by atoms with van der Waals surface area (Å²) in [6.45, 7) is 3.28. The molecule has 6 heteroatoms. The summed E-state index contributed by atoms with van der Waals surface area (Å²) in [6, 6.07) is 0.349. The van der Waals surface area contributed by atoms with Crippen molar-refractivity contribution >= 4 is 21.6 Å². The van der Waals surface area contributed by atoms with Gasteiger partial charge in [-0.1, -0.05) is 0 Å². The average molecular weight is 269 g/mol. The maximum absolute atomic E-state index is 12.0. The Kier molecular flexibility index (Phi) is 5.04. The molecule has 0 N–H and O–H groups in total. The molecule has 0 aromatic carbocycles. The zero-order valence-electron chi connectivity index (χ0n) is 10.2. The van der Waals surface area contributed by atoms with Crippen molar-refractivity contribution in [3.63, 3.8) is 0 Å². The van der Waals surface area contributed by atoms with Crippen molar-refractivity contribution in [2.75, 3.05) is 33.1 Å². The first-order valence-corrected chi connectivity index (χ1v) is 7.64. The zero-order chi connectivity index (χ0) is 12.3. The third-order valence-electron chi connectivity index (χ3n) is 3.30. The van der Waals surface area contributed by atoms with Crippen LogP contribution in [0.15, 0.2) is 0 Å². The second kappa shape index (κ2) is 5.67. The van der Waals surface area contributed by atoms with Crippen LogP contribution in [0.5, 0.6) is 0 Å². The minimum absolute atomic E-state index is 0.146. The van der Waals surface area contributed by atoms with Gasteiger partial charge in [0.2, 0.25) is 10.0 Å². The van der Waals surface area contributed by atoms with Crippen molar-refractivity contribution in [3.8, 4) is 0 Å². The van der Waals surface area contributed by atoms with E-state index in [2.05, 4.69) is 4.90 Å². The average Bonchev–Trinajstić information content (AvgIpc) is 2.63. The standard InChI is InChI=1S/C10H21ClN2O2S/c1-9(7-11)16(14,15)13(3)8-10-5-4-6-12(10)2/h9-10H,4-8H2,1-3H3. The van der Waals surface area contributed by atoms with Crippen LogP contribution in [0.2, 0.25) is 0 Å². The maximum atomic E-state index is 12.0. The highest BCUT2D eigenvalue weighted by Crippen LogP contribution is 2.18. The van der Waals surface area contributed by atoms with Crippen molar-refractivity contribution in [1.82, 2.24) is 9.21 Å². The van der Waals surface area contributed by atoms with Crippen molar-refractivity contribution in [3.05, 3.63) is 0 Å². The Labute approximate surface area is 104 Å². The molecule has 1 aliphatic rings. The molecule has 0 bridgehead atoms. The summed E-state index contributed by atoms with van der Waals surface area (Å²) in [5.74, 6) is 0.146. The first kappa shape index (κ1) is 14.2. The Bertz CT molecular complexity index is 321. The topological polar surface area (TPSA) is 40.6 Å². The third-order valence-corrected chi connectivity index (χ3v) is 6.15. The predicted molar refractivity (Wildman–Crippen MR) is 67.4 cm³/mol. The summed E-state index contributed by atoms with van der Waals surface area (Å²) in [4.78, 5) is 2.22. The van der Waals surface area contributed by atoms with Gasteiger partial charge in [0, 0.05) is 25.5 Å². The normalized spacial score (nSPS) is 25.2. The summed E-state index contributed by atoms with van der Waals surface area (Å²) >= 11 is 5.61. The van der Waals surface area contributed by atoms with Gasteiger partial charge in [-0.05, 0) is 33.4 Å². The quantitative estimate of drug-likeness (QED) is 0.698. The summed E-state index contributed by atoms with van der Waals surface area (Å²) in [7, 11) is 0.463. The van der Waals surface area contributed by atoms with E-state index >= 15 is 0 Å². The van der Waals surface area contributed by atoms with Gasteiger partial charge < -0.3 is 4.90 Å². The van der Waals surface area contributed by atoms with Crippen LogP contribution >= 0.6 is 11.6 Å². The van der Waals surface area contributed by atoms with Crippen LogP contribution in [-0.4, -0.2) is 62.0 Å². The largest absolute Gasteiger partial charge is 0.302 e. The lowest BCUT2D eigenvalue weighted by Crippen LogP contribution is -2.43. The number of hydrogen-bond acceptors (Lipinski definition) is 3. The SMILES string of the molecule is CC(CCl)S(=O)(=O)N(C)CC1CCCN1C. The van der Waals surface area contributed by atoms with E-state index < -0.39 is 15.3 Å². The monoisotopic (exact) mass is 268 g/mol. The number of rotatable bonds is 5. The van der Waals surface area contributed by atoms with Gasteiger partial charge in [-0.3, -0.25) is 0 Å². The van der Waals surface area contributed by atoms with Gasteiger partial charge in [-0.15, -0.1) is 11.6 Å². The zero-order valence-corrected chi connectivity index (χ0v) is 11.8. The van der Waals surface area contributed by atoms with Crippen molar-refractivity contribution in [1.29, 1.82) is 0 Å². The van der Waals surface area contributed by atoms with Crippen molar-refractivity contribution < 1.29 is 8.42 Å². The molecule has 0 radical (unpaired) electrons. The van der Waals surface area contributed by atoms with Crippen LogP contribution in [0.1, 0.15) is 19.8 Å². The molecule has 96 valence electrons. The third kappa shape index (κ3) is 3.09. The Morgan fingerprint density at radius 3 is 2.62 bits per heavy atom. The highest BCUT2D eigenvalue weighted by Gasteiger charge is 2.30. The molecule has 1 saturated heterocycles. The first-order chi connectivity index (χ1) is 7.39. The van der Waals surface area contributed by atoms with E-state index in [1.807, 2.05) is 7.05 Å². The van der Waals surface area contributed by atoms with Gasteiger partial charge in [0.15, 0.2) is 0 Å². The van der Waals surface area contributed by atoms with Crippen LogP contribution in [0.3, 0.4) is 0 Å². The van der Waals surface area contributed by atoms with E-state index in [-0.39, 0.29) is 5.88 Å². The molecule has 1 aliphatic heterocycles. The fraction of sp³-hybridized carbons (Fsp3) is 1.00. The van der Waals surface area contributed by atoms with Gasteiger partial charge >= 0.3 is 0 Å². The molecular formula is C10H21ClN2O2S. The molecule has 0 spiro atoms. The second-order valence-electron chi connectivity index (χ2n) is 4.57. The number of likely N-dealkylation sites (tertiary alicyclic amines) is 1. The molecule has 1 fully saturated rings. The predicted octanol–water partition coefficient (Wildman–Crippen LogP) is 0.970. The fourth-order valence-electron chi connectivity index (χ4n) is 2.00. The molecule has 1 heterocycles. The molecule has 2 atom stereocenters. The molecule has 2 unspecified atom stereocenters. The number of alkyl halides is 1. The Hall–Kier alpha value is 0.160. The summed E-state index contributed by atoms with van der Waals surface area (Å²) in [5, 5.41) is -0.508. The molecular weight excluding hydrogens is 248 g/mol. The van der Waals surface area contributed by atoms with Gasteiger partial charge in [0.1, 0.15) is 0 Å². The lowest BCUT2D eigenvalue weighted by Gasteiger charge is -2.27. The summed E-state index contributed by atoms with van der Waals surface area (Å²) < 4.78 is 25.4. The van der Waals surface area contributed by atoms with Crippen molar-refractivity contribution in [2.24, 2.45) is 0 Å². The second-order valence-corrected chi connectivity index (χ2v) is 7.33. The Balaban J connectivity index is 2.61. The molecule has 0 amide bonds. The van der Waals surface area contributed by atoms with Crippen LogP contribution in [0, 0.1) is 0 Å². The molecule has 0 saturated carbocycles. The minimum Gasteiger partial charge on any atom is -0.302 e. The smallest absolute Gasteiger partial charge is 0.217 e. The number of halogens is 1. The molecule has 0 aliphatic carbocycles. The first-order valence-electron chi connectivity index (χ1n) is 5.61. The van der Waals surface area contributed by atoms with Gasteiger partial charge in [-0.2, -0.15) is 0 Å². The highest BCUT2D eigenvalue weighted by molar-refractivity contribution is 7.89. The van der Waals surface area contributed by atoms with E-state index in [0.29, 0.717) is 12.6 Å². The van der Waals surface area contributed by atoms with Crippen LogP contribution in [-0.2, 0) is 10.0 Å². The molecule has 0 aromatic heterocycles. The van der Waals surface area contributed by atoms with Crippen LogP contribution < -0.4 is 0 Å².